The maximum atomic E-state index is 12.6. The van der Waals surface area contributed by atoms with Crippen molar-refractivity contribution in [3.63, 3.8) is 0 Å². The van der Waals surface area contributed by atoms with E-state index in [-0.39, 0.29) is 11.9 Å². The van der Waals surface area contributed by atoms with Crippen molar-refractivity contribution in [1.82, 2.24) is 20.2 Å². The fourth-order valence-corrected chi connectivity index (χ4v) is 3.99. The monoisotopic (exact) mass is 413 g/mol. The lowest BCUT2D eigenvalue weighted by atomic mass is 10.1. The average Bonchev–Trinajstić information content (AvgIpc) is 3.34. The summed E-state index contributed by atoms with van der Waals surface area (Å²) in [7, 11) is 0. The molecule has 3 aromatic rings. The van der Waals surface area contributed by atoms with Crippen LogP contribution in [0.25, 0.3) is 10.7 Å². The van der Waals surface area contributed by atoms with Crippen molar-refractivity contribution >= 4 is 23.1 Å². The molecule has 0 atom stereocenters. The Labute approximate surface area is 160 Å². The van der Waals surface area contributed by atoms with Crippen LogP contribution in [-0.4, -0.2) is 32.8 Å². The summed E-state index contributed by atoms with van der Waals surface area (Å²) in [6.07, 6.45) is -4.10. The Kier molecular flexibility index (Phi) is 4.37. The minimum absolute atomic E-state index is 0.113. The van der Waals surface area contributed by atoms with E-state index in [2.05, 4.69) is 25.1 Å². The summed E-state index contributed by atoms with van der Waals surface area (Å²) in [6.45, 7) is 4.23. The van der Waals surface area contributed by atoms with E-state index in [1.807, 2.05) is 0 Å². The van der Waals surface area contributed by atoms with Crippen molar-refractivity contribution in [3.05, 3.63) is 33.9 Å². The van der Waals surface area contributed by atoms with Gasteiger partial charge in [-0.25, -0.2) is 4.79 Å². The number of carbonyl (C=O) groups is 1. The highest BCUT2D eigenvalue weighted by atomic mass is 32.1. The zero-order chi connectivity index (χ0) is 20.1. The molecule has 0 aromatic carbocycles. The molecule has 1 aliphatic rings. The van der Waals surface area contributed by atoms with Crippen molar-refractivity contribution in [2.75, 3.05) is 11.9 Å². The molecular formula is C16H14F3N5O3S. The number of nitrogens with zero attached hydrogens (tertiary/aromatic N) is 4. The maximum Gasteiger partial charge on any atom is 0.471 e. The SMILES string of the molecule is Cc1noc(C)c1NC(=O)N1CCc2sc(-c3noc(C(F)(F)F)n3)cc2C1. The van der Waals surface area contributed by atoms with Gasteiger partial charge in [0.05, 0.1) is 4.88 Å². The number of aromatic nitrogens is 3. The molecule has 0 aliphatic carbocycles. The third-order valence-corrected chi connectivity index (χ3v) is 5.54. The van der Waals surface area contributed by atoms with Crippen LogP contribution in [0.1, 0.15) is 27.8 Å². The van der Waals surface area contributed by atoms with Gasteiger partial charge in [-0.2, -0.15) is 18.2 Å². The number of nitrogens with one attached hydrogen (secondary N) is 1. The molecule has 0 saturated heterocycles. The second kappa shape index (κ2) is 6.62. The third-order valence-electron chi connectivity index (χ3n) is 4.31. The molecule has 0 bridgehead atoms. The predicted molar refractivity (Wildman–Crippen MR) is 91.7 cm³/mol. The van der Waals surface area contributed by atoms with Crippen LogP contribution in [-0.2, 0) is 19.1 Å². The molecule has 0 unspecified atom stereocenters. The highest BCUT2D eigenvalue weighted by molar-refractivity contribution is 7.15. The Balaban J connectivity index is 1.50. The standard InChI is InChI=1S/C16H14F3N5O3S/c1-7-12(8(2)26-22-7)20-15(25)24-4-3-10-9(6-24)5-11(28-10)13-21-14(27-23-13)16(17,18)19/h5H,3-4,6H2,1-2H3,(H,20,25). The minimum atomic E-state index is -4.69. The molecule has 28 heavy (non-hydrogen) atoms. The minimum Gasteiger partial charge on any atom is -0.359 e. The van der Waals surface area contributed by atoms with Gasteiger partial charge in [-0.15, -0.1) is 11.3 Å². The first-order valence-corrected chi connectivity index (χ1v) is 9.05. The molecule has 3 aromatic heterocycles. The Hall–Kier alpha value is -2.89. The van der Waals surface area contributed by atoms with E-state index in [0.717, 1.165) is 10.4 Å². The molecule has 12 heteroatoms. The highest BCUT2D eigenvalue weighted by Crippen LogP contribution is 2.35. The first-order valence-electron chi connectivity index (χ1n) is 8.24. The number of hydrogen-bond acceptors (Lipinski definition) is 7. The fourth-order valence-electron chi connectivity index (χ4n) is 2.90. The van der Waals surface area contributed by atoms with Gasteiger partial charge in [-0.1, -0.05) is 10.3 Å². The van der Waals surface area contributed by atoms with Crippen LogP contribution in [0.2, 0.25) is 0 Å². The second-order valence-electron chi connectivity index (χ2n) is 6.28. The van der Waals surface area contributed by atoms with Crippen LogP contribution >= 0.6 is 11.3 Å². The summed E-state index contributed by atoms with van der Waals surface area (Å²) >= 11 is 1.30. The number of hydrogen-bond donors (Lipinski definition) is 1. The summed E-state index contributed by atoms with van der Waals surface area (Å²) in [5, 5.41) is 10.00. The Bertz CT molecular complexity index is 1020. The summed E-state index contributed by atoms with van der Waals surface area (Å²) in [5.41, 5.74) is 1.96. The maximum absolute atomic E-state index is 12.6. The summed E-state index contributed by atoms with van der Waals surface area (Å²) < 4.78 is 47.2. The van der Waals surface area contributed by atoms with Crippen LogP contribution < -0.4 is 5.32 Å². The van der Waals surface area contributed by atoms with E-state index in [1.165, 1.54) is 11.3 Å². The smallest absolute Gasteiger partial charge is 0.359 e. The van der Waals surface area contributed by atoms with Gasteiger partial charge in [0.2, 0.25) is 5.82 Å². The summed E-state index contributed by atoms with van der Waals surface area (Å²) in [4.78, 5) is 19.0. The topological polar surface area (TPSA) is 97.3 Å². The lowest BCUT2D eigenvalue weighted by Crippen LogP contribution is -2.38. The number of urea groups is 1. The van der Waals surface area contributed by atoms with Crippen LogP contribution in [0.5, 0.6) is 0 Å². The first-order chi connectivity index (χ1) is 13.2. The molecule has 0 spiro atoms. The van der Waals surface area contributed by atoms with Gasteiger partial charge in [0.1, 0.15) is 11.4 Å². The van der Waals surface area contributed by atoms with E-state index >= 15 is 0 Å². The van der Waals surface area contributed by atoms with Gasteiger partial charge in [-0.3, -0.25) is 0 Å². The molecule has 1 N–H and O–H groups in total. The number of thiophene rings is 1. The summed E-state index contributed by atoms with van der Waals surface area (Å²) in [6, 6.07) is 1.40. The lowest BCUT2D eigenvalue weighted by molar-refractivity contribution is -0.159. The number of alkyl halides is 3. The zero-order valence-electron chi connectivity index (χ0n) is 14.8. The average molecular weight is 413 g/mol. The summed E-state index contributed by atoms with van der Waals surface area (Å²) in [5.74, 6) is -0.980. The number of halogens is 3. The van der Waals surface area contributed by atoms with Crippen molar-refractivity contribution in [1.29, 1.82) is 0 Å². The Morgan fingerprint density at radius 1 is 1.29 bits per heavy atom. The molecule has 4 heterocycles. The van der Waals surface area contributed by atoms with Crippen LogP contribution in [0.3, 0.4) is 0 Å². The van der Waals surface area contributed by atoms with Crippen molar-refractivity contribution in [2.24, 2.45) is 0 Å². The highest BCUT2D eigenvalue weighted by Gasteiger charge is 2.39. The van der Waals surface area contributed by atoms with Gasteiger partial charge in [0.25, 0.3) is 0 Å². The molecule has 0 fully saturated rings. The number of rotatable bonds is 2. The third kappa shape index (κ3) is 3.35. The van der Waals surface area contributed by atoms with E-state index in [9.17, 15) is 18.0 Å². The number of carbonyl (C=O) groups excluding carboxylic acids is 1. The van der Waals surface area contributed by atoms with E-state index in [4.69, 9.17) is 4.52 Å². The van der Waals surface area contributed by atoms with Crippen molar-refractivity contribution in [3.8, 4) is 10.7 Å². The van der Waals surface area contributed by atoms with E-state index < -0.39 is 12.1 Å². The number of amides is 2. The normalized spacial score (nSPS) is 14.2. The quantitative estimate of drug-likeness (QED) is 0.682. The number of anilines is 1. The van der Waals surface area contributed by atoms with Crippen LogP contribution in [0.4, 0.5) is 23.7 Å². The van der Waals surface area contributed by atoms with Gasteiger partial charge < -0.3 is 19.3 Å². The number of aryl methyl sites for hydroxylation is 2. The fraction of sp³-hybridized carbons (Fsp3) is 0.375. The Morgan fingerprint density at radius 3 is 2.71 bits per heavy atom. The molecule has 2 amide bonds. The van der Waals surface area contributed by atoms with Crippen LogP contribution in [0.15, 0.2) is 15.1 Å². The van der Waals surface area contributed by atoms with Gasteiger partial charge in [-0.05, 0) is 31.9 Å². The van der Waals surface area contributed by atoms with Gasteiger partial charge in [0, 0.05) is 18.0 Å². The van der Waals surface area contributed by atoms with Crippen molar-refractivity contribution in [2.45, 2.75) is 33.0 Å². The van der Waals surface area contributed by atoms with Gasteiger partial charge >= 0.3 is 18.1 Å². The van der Waals surface area contributed by atoms with Gasteiger partial charge in [0.15, 0.2) is 5.76 Å². The predicted octanol–water partition coefficient (Wildman–Crippen LogP) is 4.01. The zero-order valence-corrected chi connectivity index (χ0v) is 15.6. The van der Waals surface area contributed by atoms with Crippen molar-refractivity contribution < 1.29 is 27.0 Å². The van der Waals surface area contributed by atoms with E-state index in [1.54, 1.807) is 24.8 Å². The second-order valence-corrected chi connectivity index (χ2v) is 7.42. The molecule has 8 nitrogen and oxygen atoms in total. The largest absolute Gasteiger partial charge is 0.471 e. The molecule has 0 radical (unpaired) electrons. The lowest BCUT2D eigenvalue weighted by Gasteiger charge is -2.27. The van der Waals surface area contributed by atoms with Crippen LogP contribution in [0, 0.1) is 13.8 Å². The molecule has 0 saturated carbocycles. The molecule has 1 aliphatic heterocycles. The van der Waals surface area contributed by atoms with E-state index in [0.29, 0.717) is 41.5 Å². The molecule has 4 rings (SSSR count). The molecule has 148 valence electrons. The molecular weight excluding hydrogens is 399 g/mol. The first kappa shape index (κ1) is 18.5. The Morgan fingerprint density at radius 2 is 2.07 bits per heavy atom. The number of fused-ring (bicyclic) bond motifs is 1.